The van der Waals surface area contributed by atoms with Crippen LogP contribution in [0, 0.1) is 0 Å². The van der Waals surface area contributed by atoms with Crippen LogP contribution in [0.25, 0.3) is 10.8 Å². The van der Waals surface area contributed by atoms with E-state index in [1.54, 1.807) is 31.2 Å². The molecule has 3 aromatic rings. The SMILES string of the molecule is CCC(C)OP(=O)(O)c1cccc(OCc2ccc3ccccc3c2)c1. The number of ether oxygens (including phenoxy) is 1. The molecule has 1 N–H and O–H groups in total. The quantitative estimate of drug-likeness (QED) is 0.592. The summed E-state index contributed by atoms with van der Waals surface area (Å²) in [7, 11) is -3.85. The largest absolute Gasteiger partial charge is 0.489 e. The van der Waals surface area contributed by atoms with Gasteiger partial charge in [-0.1, -0.05) is 49.4 Å². The third-order valence-electron chi connectivity index (χ3n) is 4.26. The van der Waals surface area contributed by atoms with Crippen molar-refractivity contribution in [3.8, 4) is 5.75 Å². The van der Waals surface area contributed by atoms with Gasteiger partial charge in [0.2, 0.25) is 0 Å². The molecule has 0 saturated heterocycles. The molecule has 2 unspecified atom stereocenters. The first-order valence-electron chi connectivity index (χ1n) is 8.70. The molecule has 0 aliphatic rings. The van der Waals surface area contributed by atoms with Crippen molar-refractivity contribution in [2.75, 3.05) is 0 Å². The summed E-state index contributed by atoms with van der Waals surface area (Å²) in [5, 5.41) is 2.58. The fourth-order valence-corrected chi connectivity index (χ4v) is 3.95. The van der Waals surface area contributed by atoms with Gasteiger partial charge in [-0.05, 0) is 53.9 Å². The second-order valence-corrected chi connectivity index (χ2v) is 8.08. The first kappa shape index (κ1) is 18.7. The van der Waals surface area contributed by atoms with Crippen LogP contribution in [0.15, 0.2) is 66.7 Å². The Hall–Kier alpha value is -2.13. The summed E-state index contributed by atoms with van der Waals surface area (Å²) < 4.78 is 23.6. The van der Waals surface area contributed by atoms with E-state index in [1.165, 1.54) is 5.39 Å². The van der Waals surface area contributed by atoms with Gasteiger partial charge in [-0.15, -0.1) is 0 Å². The third kappa shape index (κ3) is 4.53. The van der Waals surface area contributed by atoms with Gasteiger partial charge < -0.3 is 14.2 Å². The van der Waals surface area contributed by atoms with Crippen LogP contribution >= 0.6 is 7.60 Å². The molecule has 0 aliphatic heterocycles. The molecule has 0 heterocycles. The Bertz CT molecular complexity index is 938. The lowest BCUT2D eigenvalue weighted by Gasteiger charge is -2.17. The Labute approximate surface area is 153 Å². The van der Waals surface area contributed by atoms with Crippen LogP contribution in [0.4, 0.5) is 0 Å². The molecule has 4 nitrogen and oxygen atoms in total. The average molecular weight is 370 g/mol. The minimum atomic E-state index is -3.85. The number of fused-ring (bicyclic) bond motifs is 1. The molecule has 0 amide bonds. The van der Waals surface area contributed by atoms with Crippen molar-refractivity contribution in [3.63, 3.8) is 0 Å². The number of hydrogen-bond donors (Lipinski definition) is 1. The van der Waals surface area contributed by atoms with Crippen molar-refractivity contribution in [2.45, 2.75) is 33.0 Å². The van der Waals surface area contributed by atoms with Crippen molar-refractivity contribution in [1.29, 1.82) is 0 Å². The summed E-state index contributed by atoms with van der Waals surface area (Å²) in [4.78, 5) is 10.2. The number of benzene rings is 3. The van der Waals surface area contributed by atoms with Gasteiger partial charge in [0.25, 0.3) is 0 Å². The van der Waals surface area contributed by atoms with Crippen molar-refractivity contribution in [2.24, 2.45) is 0 Å². The van der Waals surface area contributed by atoms with E-state index in [9.17, 15) is 9.46 Å². The van der Waals surface area contributed by atoms with Crippen molar-refractivity contribution >= 4 is 23.7 Å². The number of hydrogen-bond acceptors (Lipinski definition) is 3. The van der Waals surface area contributed by atoms with Gasteiger partial charge in [0.1, 0.15) is 12.4 Å². The van der Waals surface area contributed by atoms with E-state index in [0.29, 0.717) is 18.8 Å². The molecule has 0 aromatic heterocycles. The smallest absolute Gasteiger partial charge is 0.359 e. The van der Waals surface area contributed by atoms with E-state index in [0.717, 1.165) is 10.9 Å². The van der Waals surface area contributed by atoms with Crippen LogP contribution in [0.5, 0.6) is 5.75 Å². The lowest BCUT2D eigenvalue weighted by atomic mass is 10.1. The molecule has 0 aliphatic carbocycles. The molecule has 0 saturated carbocycles. The lowest BCUT2D eigenvalue weighted by molar-refractivity contribution is 0.192. The Balaban J connectivity index is 1.73. The highest BCUT2D eigenvalue weighted by Gasteiger charge is 2.25. The molecule has 136 valence electrons. The highest BCUT2D eigenvalue weighted by Crippen LogP contribution is 2.43. The van der Waals surface area contributed by atoms with Crippen LogP contribution in [0.3, 0.4) is 0 Å². The Morgan fingerprint density at radius 3 is 2.54 bits per heavy atom. The maximum atomic E-state index is 12.4. The fourth-order valence-electron chi connectivity index (χ4n) is 2.62. The van der Waals surface area contributed by atoms with E-state index in [2.05, 4.69) is 24.3 Å². The fraction of sp³-hybridized carbons (Fsp3) is 0.238. The predicted octanol–water partition coefficient (Wildman–Crippen LogP) is 5.04. The van der Waals surface area contributed by atoms with Crippen molar-refractivity contribution in [1.82, 2.24) is 0 Å². The summed E-state index contributed by atoms with van der Waals surface area (Å²) in [6.45, 7) is 4.08. The topological polar surface area (TPSA) is 55.8 Å². The van der Waals surface area contributed by atoms with E-state index in [-0.39, 0.29) is 11.4 Å². The Morgan fingerprint density at radius 2 is 1.77 bits per heavy atom. The molecule has 0 fully saturated rings. The minimum absolute atomic E-state index is 0.244. The summed E-state index contributed by atoms with van der Waals surface area (Å²) >= 11 is 0. The van der Waals surface area contributed by atoms with E-state index < -0.39 is 7.60 Å². The van der Waals surface area contributed by atoms with E-state index in [4.69, 9.17) is 9.26 Å². The zero-order chi connectivity index (χ0) is 18.6. The maximum absolute atomic E-state index is 12.4. The van der Waals surface area contributed by atoms with Crippen LogP contribution in [-0.4, -0.2) is 11.0 Å². The summed E-state index contributed by atoms with van der Waals surface area (Å²) in [6.07, 6.45) is 0.385. The highest BCUT2D eigenvalue weighted by atomic mass is 31.2. The van der Waals surface area contributed by atoms with Crippen LogP contribution in [0.2, 0.25) is 0 Å². The zero-order valence-electron chi connectivity index (χ0n) is 15.0. The minimum Gasteiger partial charge on any atom is -0.489 e. The third-order valence-corrected chi connectivity index (χ3v) is 5.84. The van der Waals surface area contributed by atoms with Crippen LogP contribution in [-0.2, 0) is 15.7 Å². The molecule has 0 radical (unpaired) electrons. The van der Waals surface area contributed by atoms with Gasteiger partial charge >= 0.3 is 7.60 Å². The molecule has 2 atom stereocenters. The highest BCUT2D eigenvalue weighted by molar-refractivity contribution is 7.61. The Kier molecular flexibility index (Phi) is 5.77. The standard InChI is InChI=1S/C21H23O4P/c1-3-16(2)25-26(22,23)21-10-6-9-20(14-21)24-15-17-11-12-18-7-4-5-8-19(18)13-17/h4-14,16H,3,15H2,1-2H3,(H,22,23). The van der Waals surface area contributed by atoms with Gasteiger partial charge in [-0.2, -0.15) is 0 Å². The molecule has 5 heteroatoms. The van der Waals surface area contributed by atoms with Crippen LogP contribution < -0.4 is 10.0 Å². The average Bonchev–Trinajstić information content (AvgIpc) is 2.66. The molecular formula is C21H23O4P. The normalized spacial score (nSPS) is 14.7. The van der Waals surface area contributed by atoms with Crippen molar-refractivity contribution in [3.05, 3.63) is 72.3 Å². The molecule has 26 heavy (non-hydrogen) atoms. The number of rotatable bonds is 7. The molecule has 3 aromatic carbocycles. The second kappa shape index (κ2) is 8.05. The van der Waals surface area contributed by atoms with Gasteiger partial charge in [-0.3, -0.25) is 4.57 Å². The zero-order valence-corrected chi connectivity index (χ0v) is 15.9. The van der Waals surface area contributed by atoms with E-state index >= 15 is 0 Å². The predicted molar refractivity (Wildman–Crippen MR) is 105 cm³/mol. The van der Waals surface area contributed by atoms with Crippen molar-refractivity contribution < 1.29 is 18.7 Å². The summed E-state index contributed by atoms with van der Waals surface area (Å²) in [6, 6.07) is 21.0. The summed E-state index contributed by atoms with van der Waals surface area (Å²) in [5.41, 5.74) is 1.04. The second-order valence-electron chi connectivity index (χ2n) is 6.31. The van der Waals surface area contributed by atoms with Crippen LogP contribution in [0.1, 0.15) is 25.8 Å². The maximum Gasteiger partial charge on any atom is 0.359 e. The lowest BCUT2D eigenvalue weighted by Crippen LogP contribution is -2.13. The van der Waals surface area contributed by atoms with Gasteiger partial charge in [0, 0.05) is 0 Å². The monoisotopic (exact) mass is 370 g/mol. The first-order valence-corrected chi connectivity index (χ1v) is 10.3. The van der Waals surface area contributed by atoms with Gasteiger partial charge in [-0.25, -0.2) is 0 Å². The molecular weight excluding hydrogens is 347 g/mol. The molecule has 0 bridgehead atoms. The molecule has 3 rings (SSSR count). The van der Waals surface area contributed by atoms with Gasteiger partial charge in [0.15, 0.2) is 0 Å². The van der Waals surface area contributed by atoms with Gasteiger partial charge in [0.05, 0.1) is 11.4 Å². The first-order chi connectivity index (χ1) is 12.5. The van der Waals surface area contributed by atoms with E-state index in [1.807, 2.05) is 25.1 Å². The summed E-state index contributed by atoms with van der Waals surface area (Å²) in [5.74, 6) is 0.540. The Morgan fingerprint density at radius 1 is 1.00 bits per heavy atom. The molecule has 0 spiro atoms.